The molecule has 2 bridgehead atoms. The van der Waals surface area contributed by atoms with Gasteiger partial charge in [0.2, 0.25) is 17.7 Å². The molecule has 0 N–H and O–H groups in total. The maximum absolute atomic E-state index is 13.1. The van der Waals surface area contributed by atoms with E-state index in [2.05, 4.69) is 12.2 Å². The quantitative estimate of drug-likeness (QED) is 0.621. The predicted octanol–water partition coefficient (Wildman–Crippen LogP) is 2.36. The maximum atomic E-state index is 13.1. The van der Waals surface area contributed by atoms with Crippen LogP contribution in [0.5, 0.6) is 0 Å². The van der Waals surface area contributed by atoms with Crippen LogP contribution in [0.1, 0.15) is 18.9 Å². The monoisotopic (exact) mass is 350 g/mol. The number of para-hydroxylation sites is 1. The summed E-state index contributed by atoms with van der Waals surface area (Å²) in [5.41, 5.74) is 1.70. The smallest absolute Gasteiger partial charge is 0.235 e. The predicted molar refractivity (Wildman–Crippen MR) is 95.8 cm³/mol. The molecule has 1 aliphatic heterocycles. The van der Waals surface area contributed by atoms with Gasteiger partial charge in [-0.2, -0.15) is 0 Å². The van der Waals surface area contributed by atoms with Crippen LogP contribution in [0.15, 0.2) is 36.4 Å². The average molecular weight is 350 g/mol. The van der Waals surface area contributed by atoms with Crippen molar-refractivity contribution in [3.8, 4) is 0 Å². The Morgan fingerprint density at radius 2 is 1.65 bits per heavy atom. The molecule has 6 rings (SSSR count). The molecule has 134 valence electrons. The molecule has 26 heavy (non-hydrogen) atoms. The molecule has 0 spiro atoms. The summed E-state index contributed by atoms with van der Waals surface area (Å²) in [7, 11) is 0. The van der Waals surface area contributed by atoms with Gasteiger partial charge in [-0.3, -0.25) is 24.2 Å². The van der Waals surface area contributed by atoms with Gasteiger partial charge in [0.05, 0.1) is 11.8 Å². The molecule has 0 radical (unpaired) electrons. The van der Waals surface area contributed by atoms with Crippen LogP contribution in [0.25, 0.3) is 0 Å². The van der Waals surface area contributed by atoms with Crippen molar-refractivity contribution in [2.45, 2.75) is 20.3 Å². The van der Waals surface area contributed by atoms with Gasteiger partial charge in [0.1, 0.15) is 6.67 Å². The number of hydrogen-bond acceptors (Lipinski definition) is 3. The van der Waals surface area contributed by atoms with Crippen LogP contribution in [0.4, 0.5) is 5.69 Å². The minimum absolute atomic E-state index is 0.0135. The molecule has 2 saturated carbocycles. The topological polar surface area (TPSA) is 57.7 Å². The zero-order chi connectivity index (χ0) is 18.2. The number of allylic oxidation sites excluding steroid dienone is 2. The van der Waals surface area contributed by atoms with Crippen molar-refractivity contribution in [2.75, 3.05) is 11.6 Å². The summed E-state index contributed by atoms with van der Waals surface area (Å²) in [6.45, 7) is 3.42. The van der Waals surface area contributed by atoms with E-state index >= 15 is 0 Å². The summed E-state index contributed by atoms with van der Waals surface area (Å²) in [5.74, 6) is 0.805. The maximum Gasteiger partial charge on any atom is 0.235 e. The number of rotatable bonds is 3. The van der Waals surface area contributed by atoms with Crippen molar-refractivity contribution < 1.29 is 14.4 Å². The summed E-state index contributed by atoms with van der Waals surface area (Å²) < 4.78 is 0. The van der Waals surface area contributed by atoms with Crippen molar-refractivity contribution in [1.82, 2.24) is 4.90 Å². The molecule has 4 aliphatic carbocycles. The summed E-state index contributed by atoms with van der Waals surface area (Å²) in [5, 5.41) is 0. The zero-order valence-corrected chi connectivity index (χ0v) is 15.0. The first-order chi connectivity index (χ1) is 12.5. The molecule has 0 aromatic heterocycles. The number of nitrogens with zero attached hydrogens (tertiary/aromatic N) is 2. The Bertz CT molecular complexity index is 825. The minimum Gasteiger partial charge on any atom is -0.294 e. The molecule has 1 aromatic carbocycles. The largest absolute Gasteiger partial charge is 0.294 e. The highest BCUT2D eigenvalue weighted by Gasteiger charge is 2.67. The van der Waals surface area contributed by atoms with E-state index in [1.165, 1.54) is 11.8 Å². The van der Waals surface area contributed by atoms with Crippen LogP contribution < -0.4 is 4.90 Å². The fourth-order valence-corrected chi connectivity index (χ4v) is 5.51. The van der Waals surface area contributed by atoms with Crippen molar-refractivity contribution in [1.29, 1.82) is 0 Å². The Morgan fingerprint density at radius 3 is 2.19 bits per heavy atom. The molecule has 1 heterocycles. The Morgan fingerprint density at radius 1 is 1.08 bits per heavy atom. The molecule has 0 unspecified atom stereocenters. The number of carbonyl (C=O) groups is 3. The summed E-state index contributed by atoms with van der Waals surface area (Å²) in [4.78, 5) is 41.4. The van der Waals surface area contributed by atoms with Crippen molar-refractivity contribution >= 4 is 23.4 Å². The Kier molecular flexibility index (Phi) is 3.21. The summed E-state index contributed by atoms with van der Waals surface area (Å²) >= 11 is 0. The number of carbonyl (C=O) groups excluding carboxylic acids is 3. The van der Waals surface area contributed by atoms with E-state index in [1.54, 1.807) is 4.90 Å². The van der Waals surface area contributed by atoms with E-state index in [4.69, 9.17) is 0 Å². The number of imide groups is 1. The van der Waals surface area contributed by atoms with E-state index in [0.29, 0.717) is 11.8 Å². The first-order valence-corrected chi connectivity index (χ1v) is 9.36. The van der Waals surface area contributed by atoms with E-state index in [1.807, 2.05) is 31.2 Å². The van der Waals surface area contributed by atoms with Crippen molar-refractivity contribution in [2.24, 2.45) is 35.5 Å². The van der Waals surface area contributed by atoms with Gasteiger partial charge in [-0.25, -0.2) is 0 Å². The Hall–Kier alpha value is -2.43. The molecule has 5 aliphatic rings. The van der Waals surface area contributed by atoms with Gasteiger partial charge >= 0.3 is 0 Å². The molecule has 3 fully saturated rings. The lowest BCUT2D eigenvalue weighted by atomic mass is 9.63. The first-order valence-electron chi connectivity index (χ1n) is 9.36. The molecule has 5 heteroatoms. The summed E-state index contributed by atoms with van der Waals surface area (Å²) in [6.07, 6.45) is 5.48. The van der Waals surface area contributed by atoms with Gasteiger partial charge in [-0.1, -0.05) is 30.4 Å². The normalized spacial score (nSPS) is 36.2. The van der Waals surface area contributed by atoms with Crippen molar-refractivity contribution in [3.05, 3.63) is 42.0 Å². The highest BCUT2D eigenvalue weighted by atomic mass is 16.2. The van der Waals surface area contributed by atoms with Gasteiger partial charge in [0.25, 0.3) is 0 Å². The molecule has 5 nitrogen and oxygen atoms in total. The fraction of sp³-hybridized carbons (Fsp3) is 0.476. The third kappa shape index (κ3) is 2.00. The average Bonchev–Trinajstić information content (AvgIpc) is 3.40. The number of aryl methyl sites for hydroxylation is 1. The number of likely N-dealkylation sites (tertiary alicyclic amines) is 1. The Labute approximate surface area is 152 Å². The molecular weight excluding hydrogens is 328 g/mol. The standard InChI is InChI=1S/C21H22N2O3/c1-11-5-3-4-6-17(11)22(12(2)24)10-23-20(25)18-13-7-8-14(16-9-15(13)16)19(18)21(23)26/h3-8,13-16,18-19H,9-10H2,1-2H3/t13-,14-,15-,16+,18-,19-/m1/s1. The van der Waals surface area contributed by atoms with Crippen LogP contribution in [0, 0.1) is 42.4 Å². The van der Waals surface area contributed by atoms with E-state index in [0.717, 1.165) is 17.7 Å². The van der Waals surface area contributed by atoms with Gasteiger partial charge in [-0.05, 0) is 48.6 Å². The molecular formula is C21H22N2O3. The van der Waals surface area contributed by atoms with Crippen molar-refractivity contribution in [3.63, 3.8) is 0 Å². The van der Waals surface area contributed by atoms with Gasteiger partial charge < -0.3 is 0 Å². The van der Waals surface area contributed by atoms with Crippen LogP contribution in [0.2, 0.25) is 0 Å². The number of hydrogen-bond donors (Lipinski definition) is 0. The van der Waals surface area contributed by atoms with E-state index in [9.17, 15) is 14.4 Å². The minimum atomic E-state index is -0.216. The zero-order valence-electron chi connectivity index (χ0n) is 15.0. The molecule has 1 aromatic rings. The van der Waals surface area contributed by atoms with Crippen LogP contribution in [-0.2, 0) is 14.4 Å². The van der Waals surface area contributed by atoms with Crippen LogP contribution in [0.3, 0.4) is 0 Å². The third-order valence-electron chi connectivity index (χ3n) is 6.82. The first kappa shape index (κ1) is 15.8. The van der Waals surface area contributed by atoms with Gasteiger partial charge in [0.15, 0.2) is 0 Å². The molecule has 3 amide bonds. The summed E-state index contributed by atoms with van der Waals surface area (Å²) in [6, 6.07) is 7.56. The second kappa shape index (κ2) is 5.29. The molecule has 6 atom stereocenters. The lowest BCUT2D eigenvalue weighted by Gasteiger charge is -2.37. The van der Waals surface area contributed by atoms with Crippen LogP contribution >= 0.6 is 0 Å². The second-order valence-corrected chi connectivity index (χ2v) is 8.13. The van der Waals surface area contributed by atoms with Gasteiger partial charge in [-0.15, -0.1) is 0 Å². The molecule has 1 saturated heterocycles. The van der Waals surface area contributed by atoms with E-state index in [-0.39, 0.29) is 48.1 Å². The fourth-order valence-electron chi connectivity index (χ4n) is 5.51. The number of amides is 3. The van der Waals surface area contributed by atoms with Gasteiger partial charge in [0, 0.05) is 12.6 Å². The number of anilines is 1. The lowest BCUT2D eigenvalue weighted by molar-refractivity contribution is -0.140. The second-order valence-electron chi connectivity index (χ2n) is 8.13. The Balaban J connectivity index is 1.46. The van der Waals surface area contributed by atoms with E-state index < -0.39 is 0 Å². The van der Waals surface area contributed by atoms with Crippen LogP contribution in [-0.4, -0.2) is 29.3 Å². The third-order valence-corrected chi connectivity index (χ3v) is 6.82. The lowest BCUT2D eigenvalue weighted by Crippen LogP contribution is -2.44. The highest BCUT2D eigenvalue weighted by molar-refractivity contribution is 6.07. The SMILES string of the molecule is CC(=O)N(CN1C(=O)[C@@H]2[C@@H]3C=C[C@H]([C@@H]4C[C@H]34)[C@H]2C1=O)c1ccccc1C. The number of benzene rings is 1. The highest BCUT2D eigenvalue weighted by Crippen LogP contribution is 2.65.